The molecule has 0 bridgehead atoms. The van der Waals surface area contributed by atoms with Crippen LogP contribution in [-0.2, 0) is 16.1 Å². The molecule has 2 heterocycles. The zero-order valence-corrected chi connectivity index (χ0v) is 14.8. The van der Waals surface area contributed by atoms with Crippen molar-refractivity contribution in [2.75, 3.05) is 6.61 Å². The molecule has 0 saturated heterocycles. The number of nitrogens with zero attached hydrogens (tertiary/aromatic N) is 2. The molecule has 0 fully saturated rings. The van der Waals surface area contributed by atoms with Gasteiger partial charge in [-0.3, -0.25) is 9.48 Å². The Bertz CT molecular complexity index is 929. The van der Waals surface area contributed by atoms with E-state index in [9.17, 15) is 9.59 Å². The molecular formula is C17H15ClN2O3S. The summed E-state index contributed by atoms with van der Waals surface area (Å²) < 4.78 is 6.81. The van der Waals surface area contributed by atoms with Crippen LogP contribution in [0.3, 0.4) is 0 Å². The number of fused-ring (bicyclic) bond motifs is 1. The number of benzene rings is 1. The van der Waals surface area contributed by atoms with Gasteiger partial charge in [0.2, 0.25) is 0 Å². The maximum absolute atomic E-state index is 12.0. The van der Waals surface area contributed by atoms with Crippen LogP contribution in [0.2, 0.25) is 5.02 Å². The number of carbonyl (C=O) groups is 2. The van der Waals surface area contributed by atoms with Crippen molar-refractivity contribution in [3.63, 3.8) is 0 Å². The van der Waals surface area contributed by atoms with E-state index in [0.717, 1.165) is 21.5 Å². The Labute approximate surface area is 147 Å². The molecule has 0 saturated carbocycles. The fourth-order valence-corrected chi connectivity index (χ4v) is 3.60. The quantitative estimate of drug-likeness (QED) is 0.647. The standard InChI is InChI=1S/C17H15ClN2O3S/c1-10(21)9-23-17(22)15-7-13-11(2)19-20(16(13)24-15)8-12-5-3-4-6-14(12)18/h3-7H,8-9H2,1-2H3. The van der Waals surface area contributed by atoms with Gasteiger partial charge in [0, 0.05) is 10.4 Å². The van der Waals surface area contributed by atoms with Crippen LogP contribution in [0.25, 0.3) is 10.2 Å². The van der Waals surface area contributed by atoms with E-state index in [4.69, 9.17) is 16.3 Å². The highest BCUT2D eigenvalue weighted by Crippen LogP contribution is 2.30. The molecule has 3 rings (SSSR count). The van der Waals surface area contributed by atoms with Gasteiger partial charge in [-0.1, -0.05) is 29.8 Å². The maximum Gasteiger partial charge on any atom is 0.348 e. The van der Waals surface area contributed by atoms with Crippen molar-refractivity contribution in [1.82, 2.24) is 9.78 Å². The second-order valence-electron chi connectivity index (χ2n) is 5.44. The number of aromatic nitrogens is 2. The summed E-state index contributed by atoms with van der Waals surface area (Å²) in [5.41, 5.74) is 1.79. The molecule has 0 N–H and O–H groups in total. The summed E-state index contributed by atoms with van der Waals surface area (Å²) in [6.07, 6.45) is 0. The van der Waals surface area contributed by atoms with Crippen LogP contribution in [0.1, 0.15) is 27.9 Å². The second kappa shape index (κ2) is 6.75. The Morgan fingerprint density at radius 2 is 2.08 bits per heavy atom. The molecule has 0 amide bonds. The molecule has 0 unspecified atom stereocenters. The smallest absolute Gasteiger partial charge is 0.348 e. The predicted octanol–water partition coefficient (Wildman–Crippen LogP) is 3.85. The lowest BCUT2D eigenvalue weighted by atomic mass is 10.2. The average molecular weight is 363 g/mol. The zero-order valence-electron chi connectivity index (χ0n) is 13.2. The highest BCUT2D eigenvalue weighted by Gasteiger charge is 2.18. The van der Waals surface area contributed by atoms with Crippen LogP contribution >= 0.6 is 22.9 Å². The Hall–Kier alpha value is -2.18. The molecule has 0 aliphatic rings. The molecule has 124 valence electrons. The number of thiophene rings is 1. The van der Waals surface area contributed by atoms with E-state index in [1.807, 2.05) is 35.9 Å². The summed E-state index contributed by atoms with van der Waals surface area (Å²) >= 11 is 7.52. The summed E-state index contributed by atoms with van der Waals surface area (Å²) in [7, 11) is 0. The number of rotatable bonds is 5. The Morgan fingerprint density at radius 1 is 1.33 bits per heavy atom. The molecule has 1 aromatic carbocycles. The summed E-state index contributed by atoms with van der Waals surface area (Å²) in [4.78, 5) is 24.3. The number of ketones is 1. The number of Topliss-reactive ketones (excluding diaryl/α,β-unsaturated/α-hetero) is 1. The first kappa shape index (κ1) is 16.7. The van der Waals surface area contributed by atoms with Gasteiger partial charge in [-0.2, -0.15) is 5.10 Å². The number of hydrogen-bond donors (Lipinski definition) is 0. The fourth-order valence-electron chi connectivity index (χ4n) is 2.35. The van der Waals surface area contributed by atoms with Gasteiger partial charge in [-0.15, -0.1) is 11.3 Å². The minimum atomic E-state index is -0.491. The lowest BCUT2D eigenvalue weighted by Crippen LogP contribution is -2.10. The molecule has 7 heteroatoms. The van der Waals surface area contributed by atoms with Crippen molar-refractivity contribution >= 4 is 44.9 Å². The van der Waals surface area contributed by atoms with E-state index < -0.39 is 5.97 Å². The molecular weight excluding hydrogens is 348 g/mol. The van der Waals surface area contributed by atoms with Gasteiger partial charge >= 0.3 is 5.97 Å². The van der Waals surface area contributed by atoms with Crippen molar-refractivity contribution in [1.29, 1.82) is 0 Å². The van der Waals surface area contributed by atoms with Gasteiger partial charge in [-0.05, 0) is 31.5 Å². The van der Waals surface area contributed by atoms with E-state index >= 15 is 0 Å². The lowest BCUT2D eigenvalue weighted by molar-refractivity contribution is -0.120. The first-order chi connectivity index (χ1) is 11.5. The third kappa shape index (κ3) is 3.34. The first-order valence-corrected chi connectivity index (χ1v) is 8.52. The molecule has 0 radical (unpaired) electrons. The molecule has 0 atom stereocenters. The van der Waals surface area contributed by atoms with Gasteiger partial charge in [0.05, 0.1) is 12.2 Å². The largest absolute Gasteiger partial charge is 0.454 e. The van der Waals surface area contributed by atoms with E-state index in [1.54, 1.807) is 6.07 Å². The number of carbonyl (C=O) groups excluding carboxylic acids is 2. The number of ether oxygens (including phenoxy) is 1. The summed E-state index contributed by atoms with van der Waals surface area (Å²) in [5.74, 6) is -0.680. The number of hydrogen-bond acceptors (Lipinski definition) is 5. The minimum Gasteiger partial charge on any atom is -0.454 e. The lowest BCUT2D eigenvalue weighted by Gasteiger charge is -2.05. The van der Waals surface area contributed by atoms with E-state index in [2.05, 4.69) is 5.10 Å². The van der Waals surface area contributed by atoms with Crippen LogP contribution in [0, 0.1) is 6.92 Å². The van der Waals surface area contributed by atoms with E-state index in [-0.39, 0.29) is 12.4 Å². The summed E-state index contributed by atoms with van der Waals surface area (Å²) in [6.45, 7) is 3.58. The second-order valence-corrected chi connectivity index (χ2v) is 6.88. The molecule has 24 heavy (non-hydrogen) atoms. The van der Waals surface area contributed by atoms with Crippen LogP contribution in [0.4, 0.5) is 0 Å². The summed E-state index contributed by atoms with van der Waals surface area (Å²) in [5, 5.41) is 6.10. The first-order valence-electron chi connectivity index (χ1n) is 7.32. The Morgan fingerprint density at radius 3 is 2.79 bits per heavy atom. The highest BCUT2D eigenvalue weighted by atomic mass is 35.5. The normalized spacial score (nSPS) is 11.0. The van der Waals surface area contributed by atoms with Crippen molar-refractivity contribution in [3.8, 4) is 0 Å². The number of esters is 1. The van der Waals surface area contributed by atoms with Crippen molar-refractivity contribution < 1.29 is 14.3 Å². The molecule has 2 aromatic heterocycles. The van der Waals surface area contributed by atoms with Crippen LogP contribution in [0.15, 0.2) is 30.3 Å². The molecule has 0 aliphatic heterocycles. The van der Waals surface area contributed by atoms with Crippen molar-refractivity contribution in [2.24, 2.45) is 0 Å². The van der Waals surface area contributed by atoms with Crippen LogP contribution in [-0.4, -0.2) is 28.1 Å². The van der Waals surface area contributed by atoms with Crippen molar-refractivity contribution in [2.45, 2.75) is 20.4 Å². The molecule has 0 aliphatic carbocycles. The Balaban J connectivity index is 1.91. The van der Waals surface area contributed by atoms with Gasteiger partial charge < -0.3 is 4.74 Å². The maximum atomic E-state index is 12.0. The molecule has 5 nitrogen and oxygen atoms in total. The minimum absolute atomic E-state index is 0.189. The third-order valence-electron chi connectivity index (χ3n) is 3.49. The Kier molecular flexibility index (Phi) is 4.69. The molecule has 0 spiro atoms. The van der Waals surface area contributed by atoms with Gasteiger partial charge in [0.1, 0.15) is 16.3 Å². The monoisotopic (exact) mass is 362 g/mol. The average Bonchev–Trinajstić information content (AvgIpc) is 3.09. The number of aryl methyl sites for hydroxylation is 1. The van der Waals surface area contributed by atoms with E-state index in [0.29, 0.717) is 16.4 Å². The van der Waals surface area contributed by atoms with Crippen LogP contribution in [0.5, 0.6) is 0 Å². The SMILES string of the molecule is CC(=O)COC(=O)c1cc2c(C)nn(Cc3ccccc3Cl)c2s1. The van der Waals surface area contributed by atoms with E-state index in [1.165, 1.54) is 18.3 Å². The molecule has 3 aromatic rings. The topological polar surface area (TPSA) is 61.2 Å². The third-order valence-corrected chi connectivity index (χ3v) is 4.99. The van der Waals surface area contributed by atoms with Gasteiger partial charge in [-0.25, -0.2) is 4.79 Å². The van der Waals surface area contributed by atoms with Crippen molar-refractivity contribution in [3.05, 3.63) is 51.5 Å². The van der Waals surface area contributed by atoms with Gasteiger partial charge in [0.25, 0.3) is 0 Å². The summed E-state index contributed by atoms with van der Waals surface area (Å²) in [6, 6.07) is 9.34. The zero-order chi connectivity index (χ0) is 17.3. The van der Waals surface area contributed by atoms with Gasteiger partial charge in [0.15, 0.2) is 5.78 Å². The number of halogens is 1. The van der Waals surface area contributed by atoms with Crippen LogP contribution < -0.4 is 0 Å². The predicted molar refractivity (Wildman–Crippen MR) is 93.9 cm³/mol. The highest BCUT2D eigenvalue weighted by molar-refractivity contribution is 7.20. The fraction of sp³-hybridized carbons (Fsp3) is 0.235.